The standard InChI is InChI=1S/C19H15FN6/c20-14-6-8-15(9-7-14)24-19-25-17-16(21-10-11-22-17)18(26-19)23-12-13-4-2-1-3-5-13/h1-11H,12H2,(H2,22,23,24,25,26). The molecule has 0 atom stereocenters. The van der Waals surface area contributed by atoms with E-state index >= 15 is 0 Å². The number of benzene rings is 2. The first-order valence-electron chi connectivity index (χ1n) is 8.07. The number of aromatic nitrogens is 4. The largest absolute Gasteiger partial charge is 0.364 e. The summed E-state index contributed by atoms with van der Waals surface area (Å²) >= 11 is 0. The summed E-state index contributed by atoms with van der Waals surface area (Å²) in [4.78, 5) is 17.5. The van der Waals surface area contributed by atoms with E-state index in [4.69, 9.17) is 0 Å². The molecule has 7 heteroatoms. The number of nitrogens with zero attached hydrogens (tertiary/aromatic N) is 4. The van der Waals surface area contributed by atoms with Crippen molar-refractivity contribution in [1.82, 2.24) is 19.9 Å². The second-order valence-electron chi connectivity index (χ2n) is 5.60. The predicted octanol–water partition coefficient (Wildman–Crippen LogP) is 3.91. The van der Waals surface area contributed by atoms with Crippen molar-refractivity contribution in [3.8, 4) is 0 Å². The first kappa shape index (κ1) is 15.9. The summed E-state index contributed by atoms with van der Waals surface area (Å²) in [5.74, 6) is 0.641. The second kappa shape index (κ2) is 7.10. The van der Waals surface area contributed by atoms with E-state index in [-0.39, 0.29) is 5.82 Å². The molecular weight excluding hydrogens is 331 g/mol. The van der Waals surface area contributed by atoms with Crippen LogP contribution in [-0.2, 0) is 6.54 Å². The molecule has 0 saturated heterocycles. The van der Waals surface area contributed by atoms with E-state index in [2.05, 4.69) is 30.6 Å². The molecule has 0 aliphatic rings. The van der Waals surface area contributed by atoms with E-state index in [1.165, 1.54) is 12.1 Å². The molecule has 4 rings (SSSR count). The highest BCUT2D eigenvalue weighted by atomic mass is 19.1. The third-order valence-electron chi connectivity index (χ3n) is 3.74. The Hall–Kier alpha value is -3.61. The molecule has 0 unspecified atom stereocenters. The van der Waals surface area contributed by atoms with Crippen LogP contribution < -0.4 is 10.6 Å². The highest BCUT2D eigenvalue weighted by Gasteiger charge is 2.10. The zero-order valence-corrected chi connectivity index (χ0v) is 13.7. The molecule has 0 aliphatic heterocycles. The number of anilines is 3. The third-order valence-corrected chi connectivity index (χ3v) is 3.74. The van der Waals surface area contributed by atoms with Crippen LogP contribution in [0.2, 0.25) is 0 Å². The van der Waals surface area contributed by atoms with Gasteiger partial charge in [0, 0.05) is 24.6 Å². The number of fused-ring (bicyclic) bond motifs is 1. The molecule has 0 aliphatic carbocycles. The van der Waals surface area contributed by atoms with Crippen LogP contribution in [0.3, 0.4) is 0 Å². The normalized spacial score (nSPS) is 10.7. The monoisotopic (exact) mass is 346 g/mol. The molecule has 0 fully saturated rings. The summed E-state index contributed by atoms with van der Waals surface area (Å²) in [6.45, 7) is 0.597. The van der Waals surface area contributed by atoms with Gasteiger partial charge in [-0.1, -0.05) is 30.3 Å². The summed E-state index contributed by atoms with van der Waals surface area (Å²) in [7, 11) is 0. The Kier molecular flexibility index (Phi) is 4.34. The van der Waals surface area contributed by atoms with Crippen molar-refractivity contribution in [3.63, 3.8) is 0 Å². The average molecular weight is 346 g/mol. The first-order chi connectivity index (χ1) is 12.8. The van der Waals surface area contributed by atoms with E-state index in [1.807, 2.05) is 30.3 Å². The van der Waals surface area contributed by atoms with E-state index in [1.54, 1.807) is 24.5 Å². The number of hydrogen-bond donors (Lipinski definition) is 2. The van der Waals surface area contributed by atoms with Crippen molar-refractivity contribution in [2.75, 3.05) is 10.6 Å². The van der Waals surface area contributed by atoms with Crippen molar-refractivity contribution in [3.05, 3.63) is 78.4 Å². The molecule has 2 N–H and O–H groups in total. The summed E-state index contributed by atoms with van der Waals surface area (Å²) < 4.78 is 13.1. The minimum atomic E-state index is -0.300. The lowest BCUT2D eigenvalue weighted by Crippen LogP contribution is -2.07. The Morgan fingerprint density at radius 2 is 1.62 bits per heavy atom. The molecule has 0 radical (unpaired) electrons. The van der Waals surface area contributed by atoms with E-state index < -0.39 is 0 Å². The smallest absolute Gasteiger partial charge is 0.231 e. The van der Waals surface area contributed by atoms with Gasteiger partial charge in [-0.15, -0.1) is 0 Å². The van der Waals surface area contributed by atoms with Crippen LogP contribution in [0, 0.1) is 5.82 Å². The van der Waals surface area contributed by atoms with Crippen molar-refractivity contribution in [2.45, 2.75) is 6.54 Å². The van der Waals surface area contributed by atoms with Crippen LogP contribution in [0.25, 0.3) is 11.2 Å². The highest BCUT2D eigenvalue weighted by Crippen LogP contribution is 2.21. The molecule has 0 amide bonds. The van der Waals surface area contributed by atoms with Gasteiger partial charge in [-0.2, -0.15) is 9.97 Å². The number of hydrogen-bond acceptors (Lipinski definition) is 6. The van der Waals surface area contributed by atoms with E-state index in [0.29, 0.717) is 35.2 Å². The minimum absolute atomic E-state index is 0.300. The number of halogens is 1. The fraction of sp³-hybridized carbons (Fsp3) is 0.0526. The second-order valence-corrected chi connectivity index (χ2v) is 5.60. The van der Waals surface area contributed by atoms with Gasteiger partial charge in [0.1, 0.15) is 5.82 Å². The molecule has 26 heavy (non-hydrogen) atoms. The summed E-state index contributed by atoms with van der Waals surface area (Å²) in [5.41, 5.74) is 2.87. The van der Waals surface area contributed by atoms with Crippen LogP contribution in [-0.4, -0.2) is 19.9 Å². The number of rotatable bonds is 5. The van der Waals surface area contributed by atoms with Crippen LogP contribution in [0.1, 0.15) is 5.56 Å². The van der Waals surface area contributed by atoms with Gasteiger partial charge in [-0.05, 0) is 29.8 Å². The van der Waals surface area contributed by atoms with Gasteiger partial charge >= 0.3 is 0 Å². The summed E-state index contributed by atoms with van der Waals surface area (Å²) in [5, 5.41) is 6.35. The Labute approximate surface area is 149 Å². The van der Waals surface area contributed by atoms with Crippen molar-refractivity contribution >= 4 is 28.6 Å². The van der Waals surface area contributed by atoms with Crippen LogP contribution in [0.15, 0.2) is 67.0 Å². The maximum Gasteiger partial charge on any atom is 0.231 e. The molecule has 2 aromatic carbocycles. The fourth-order valence-electron chi connectivity index (χ4n) is 2.49. The van der Waals surface area contributed by atoms with Crippen molar-refractivity contribution in [1.29, 1.82) is 0 Å². The quantitative estimate of drug-likeness (QED) is 0.570. The van der Waals surface area contributed by atoms with Gasteiger partial charge in [0.05, 0.1) is 0 Å². The zero-order chi connectivity index (χ0) is 17.8. The van der Waals surface area contributed by atoms with Crippen LogP contribution in [0.4, 0.5) is 21.8 Å². The zero-order valence-electron chi connectivity index (χ0n) is 13.7. The summed E-state index contributed by atoms with van der Waals surface area (Å²) in [6.07, 6.45) is 3.18. The Morgan fingerprint density at radius 3 is 2.42 bits per heavy atom. The Balaban J connectivity index is 1.65. The third kappa shape index (κ3) is 3.56. The molecule has 6 nitrogen and oxygen atoms in total. The minimum Gasteiger partial charge on any atom is -0.364 e. The molecule has 0 spiro atoms. The van der Waals surface area contributed by atoms with Gasteiger partial charge in [-0.25, -0.2) is 14.4 Å². The van der Waals surface area contributed by atoms with Gasteiger partial charge in [0.2, 0.25) is 5.95 Å². The molecule has 2 heterocycles. The Morgan fingerprint density at radius 1 is 0.846 bits per heavy atom. The topological polar surface area (TPSA) is 75.6 Å². The SMILES string of the molecule is Fc1ccc(Nc2nc(NCc3ccccc3)c3nccnc3n2)cc1. The lowest BCUT2D eigenvalue weighted by molar-refractivity contribution is 0.628. The van der Waals surface area contributed by atoms with Gasteiger partial charge in [0.15, 0.2) is 17.0 Å². The molecule has 4 aromatic rings. The van der Waals surface area contributed by atoms with Gasteiger partial charge < -0.3 is 10.6 Å². The van der Waals surface area contributed by atoms with Crippen molar-refractivity contribution < 1.29 is 4.39 Å². The lowest BCUT2D eigenvalue weighted by Gasteiger charge is -2.11. The van der Waals surface area contributed by atoms with Gasteiger partial charge in [0.25, 0.3) is 0 Å². The molecule has 0 bridgehead atoms. The lowest BCUT2D eigenvalue weighted by atomic mass is 10.2. The molecule has 2 aromatic heterocycles. The number of nitrogens with one attached hydrogen (secondary N) is 2. The van der Waals surface area contributed by atoms with Crippen molar-refractivity contribution in [2.24, 2.45) is 0 Å². The molecule has 128 valence electrons. The van der Waals surface area contributed by atoms with Crippen LogP contribution >= 0.6 is 0 Å². The molecule has 0 saturated carbocycles. The van der Waals surface area contributed by atoms with E-state index in [9.17, 15) is 4.39 Å². The molecular formula is C19H15FN6. The van der Waals surface area contributed by atoms with E-state index in [0.717, 1.165) is 5.56 Å². The Bertz CT molecular complexity index is 1020. The summed E-state index contributed by atoms with van der Waals surface area (Å²) in [6, 6.07) is 16.0. The first-order valence-corrected chi connectivity index (χ1v) is 8.07. The predicted molar refractivity (Wildman–Crippen MR) is 98.6 cm³/mol. The average Bonchev–Trinajstić information content (AvgIpc) is 2.69. The van der Waals surface area contributed by atoms with Crippen LogP contribution in [0.5, 0.6) is 0 Å². The van der Waals surface area contributed by atoms with Gasteiger partial charge in [-0.3, -0.25) is 0 Å². The maximum atomic E-state index is 13.1. The highest BCUT2D eigenvalue weighted by molar-refractivity contribution is 5.83. The maximum absolute atomic E-state index is 13.1. The fourth-order valence-corrected chi connectivity index (χ4v) is 2.49.